The van der Waals surface area contributed by atoms with Crippen molar-refractivity contribution in [2.24, 2.45) is 0 Å². The number of carboxylic acids is 1. The van der Waals surface area contributed by atoms with Crippen LogP contribution >= 0.6 is 0 Å². The van der Waals surface area contributed by atoms with Crippen molar-refractivity contribution in [3.8, 4) is 0 Å². The van der Waals surface area contributed by atoms with Gasteiger partial charge in [-0.1, -0.05) is 30.3 Å². The second kappa shape index (κ2) is 13.0. The van der Waals surface area contributed by atoms with E-state index >= 15 is 0 Å². The van der Waals surface area contributed by atoms with E-state index in [9.17, 15) is 19.5 Å². The van der Waals surface area contributed by atoms with E-state index in [0.29, 0.717) is 35.8 Å². The zero-order chi connectivity index (χ0) is 29.8. The van der Waals surface area contributed by atoms with Crippen molar-refractivity contribution >= 4 is 28.9 Å². The lowest BCUT2D eigenvalue weighted by molar-refractivity contribution is -0.162. The van der Waals surface area contributed by atoms with Crippen LogP contribution in [0.2, 0.25) is 0 Å². The van der Waals surface area contributed by atoms with Gasteiger partial charge in [-0.2, -0.15) is 4.98 Å². The molecule has 42 heavy (non-hydrogen) atoms. The molecule has 12 nitrogen and oxygen atoms in total. The van der Waals surface area contributed by atoms with Crippen molar-refractivity contribution in [3.63, 3.8) is 0 Å². The van der Waals surface area contributed by atoms with Gasteiger partial charge in [0.2, 0.25) is 11.4 Å². The van der Waals surface area contributed by atoms with Gasteiger partial charge in [0.15, 0.2) is 6.10 Å². The van der Waals surface area contributed by atoms with Crippen LogP contribution in [0.1, 0.15) is 54.6 Å². The highest BCUT2D eigenvalue weighted by molar-refractivity contribution is 5.91. The van der Waals surface area contributed by atoms with Crippen LogP contribution in [-0.2, 0) is 16.1 Å². The first-order valence-corrected chi connectivity index (χ1v) is 14.5. The number of hydrogen-bond donors (Lipinski definition) is 3. The Kier molecular flexibility index (Phi) is 9.15. The molecule has 1 unspecified atom stereocenters. The number of piperidine rings is 1. The number of carboxylic acid groups (broad SMARTS) is 1. The summed E-state index contributed by atoms with van der Waals surface area (Å²) in [6, 6.07) is 10.0. The van der Waals surface area contributed by atoms with Gasteiger partial charge in [0.25, 0.3) is 0 Å². The summed E-state index contributed by atoms with van der Waals surface area (Å²) in [6.07, 6.45) is 5.72. The van der Waals surface area contributed by atoms with E-state index in [-0.39, 0.29) is 17.1 Å². The smallest absolute Gasteiger partial charge is 0.341 e. The number of fused-ring (bicyclic) bond motifs is 3. The number of benzene rings is 1. The maximum Gasteiger partial charge on any atom is 0.341 e. The average molecular weight is 579 g/mol. The molecule has 6 rings (SSSR count). The van der Waals surface area contributed by atoms with Gasteiger partial charge < -0.3 is 34.6 Å². The van der Waals surface area contributed by atoms with Gasteiger partial charge in [-0.25, -0.2) is 14.6 Å². The normalized spacial score (nSPS) is 22.7. The number of carbonyl (C=O) groups excluding carboxylic acids is 1. The summed E-state index contributed by atoms with van der Waals surface area (Å²) in [5.74, 6) is -1.19. The molecule has 3 aliphatic heterocycles. The highest BCUT2D eigenvalue weighted by atomic mass is 16.6. The molecule has 3 saturated heterocycles. The van der Waals surface area contributed by atoms with Crippen LogP contribution in [0.3, 0.4) is 0 Å². The van der Waals surface area contributed by atoms with Crippen molar-refractivity contribution in [1.29, 1.82) is 0 Å². The molecule has 0 amide bonds. The fourth-order valence-corrected chi connectivity index (χ4v) is 6.03. The maximum absolute atomic E-state index is 12.2. The summed E-state index contributed by atoms with van der Waals surface area (Å²) < 4.78 is 7.20. The van der Waals surface area contributed by atoms with Crippen LogP contribution in [0.4, 0.5) is 5.95 Å². The van der Waals surface area contributed by atoms with Crippen molar-refractivity contribution in [2.45, 2.75) is 63.4 Å². The van der Waals surface area contributed by atoms with Crippen LogP contribution in [-0.4, -0.2) is 93.0 Å². The quantitative estimate of drug-likeness (QED) is 0.368. The molecule has 2 aromatic heterocycles. The minimum absolute atomic E-state index is 0.0467. The number of aromatic nitrogens is 3. The lowest BCUT2D eigenvalue weighted by atomic mass is 10.0. The molecule has 0 spiro atoms. The number of esters is 1. The van der Waals surface area contributed by atoms with Gasteiger partial charge in [0, 0.05) is 57.2 Å². The molecular weight excluding hydrogens is 540 g/mol. The zero-order valence-corrected chi connectivity index (χ0v) is 24.0. The summed E-state index contributed by atoms with van der Waals surface area (Å²) in [6.45, 7) is 5.72. The second-order valence-corrected chi connectivity index (χ2v) is 11.0. The number of aliphatic hydroxyl groups is 1. The van der Waals surface area contributed by atoms with Gasteiger partial charge in [-0.3, -0.25) is 4.79 Å². The molecule has 2 bridgehead atoms. The summed E-state index contributed by atoms with van der Waals surface area (Å²) in [5, 5.41) is 22.7. The number of aliphatic hydroxyl groups excluding tert-OH is 1. The number of nitrogens with one attached hydrogen (secondary N) is 1. The monoisotopic (exact) mass is 578 g/mol. The molecule has 3 aliphatic rings. The van der Waals surface area contributed by atoms with Gasteiger partial charge in [-0.15, -0.1) is 0 Å². The summed E-state index contributed by atoms with van der Waals surface area (Å²) in [7, 11) is 2.15. The first-order chi connectivity index (χ1) is 20.3. The second-order valence-electron chi connectivity index (χ2n) is 11.0. The number of pyridine rings is 1. The minimum Gasteiger partial charge on any atom is -0.477 e. The average Bonchev–Trinajstić information content (AvgIpc) is 3.21. The Morgan fingerprint density at radius 1 is 1.12 bits per heavy atom. The van der Waals surface area contributed by atoms with Crippen LogP contribution in [0.5, 0.6) is 0 Å². The van der Waals surface area contributed by atoms with Crippen molar-refractivity contribution in [1.82, 2.24) is 24.8 Å². The number of anilines is 1. The first kappa shape index (κ1) is 29.6. The molecule has 0 radical (unpaired) electrons. The van der Waals surface area contributed by atoms with Crippen LogP contribution in [0, 0.1) is 0 Å². The lowest BCUT2D eigenvalue weighted by Crippen LogP contribution is -2.44. The van der Waals surface area contributed by atoms with Crippen molar-refractivity contribution in [2.75, 3.05) is 38.1 Å². The SMILES string of the molecule is CCn1cc(C(=O)O)c(=O)c2cnc(N3CCNCC3)nc21.CN1[C@@H]2CC[C@H]1C[C@@H](OC(=O)C(O)c1ccccc1)C2. The Bertz CT molecular complexity index is 1460. The van der Waals surface area contributed by atoms with Gasteiger partial charge >= 0.3 is 11.9 Å². The predicted octanol–water partition coefficient (Wildman–Crippen LogP) is 1.81. The van der Waals surface area contributed by atoms with E-state index in [1.807, 2.05) is 30.0 Å². The first-order valence-electron chi connectivity index (χ1n) is 14.5. The van der Waals surface area contributed by atoms with E-state index in [0.717, 1.165) is 39.0 Å². The molecule has 224 valence electrons. The van der Waals surface area contributed by atoms with E-state index in [2.05, 4.69) is 27.2 Å². The van der Waals surface area contributed by atoms with E-state index < -0.39 is 23.5 Å². The van der Waals surface area contributed by atoms with Crippen LogP contribution in [0.15, 0.2) is 47.5 Å². The van der Waals surface area contributed by atoms with Crippen LogP contribution in [0.25, 0.3) is 11.0 Å². The third kappa shape index (κ3) is 6.30. The third-order valence-corrected chi connectivity index (χ3v) is 8.45. The number of nitrogens with zero attached hydrogens (tertiary/aromatic N) is 5. The number of hydrogen-bond acceptors (Lipinski definition) is 10. The van der Waals surface area contributed by atoms with Gasteiger partial charge in [0.05, 0.1) is 5.39 Å². The number of piperazine rings is 1. The number of rotatable bonds is 6. The summed E-state index contributed by atoms with van der Waals surface area (Å²) >= 11 is 0. The molecule has 12 heteroatoms. The summed E-state index contributed by atoms with van der Waals surface area (Å²) in [4.78, 5) is 48.6. The fourth-order valence-electron chi connectivity index (χ4n) is 6.03. The Labute approximate surface area is 243 Å². The number of ether oxygens (including phenoxy) is 1. The molecule has 0 aliphatic carbocycles. The zero-order valence-electron chi connectivity index (χ0n) is 24.0. The Hall–Kier alpha value is -3.87. The molecule has 3 aromatic rings. The van der Waals surface area contributed by atoms with Crippen LogP contribution < -0.4 is 15.6 Å². The number of aromatic carboxylic acids is 1. The minimum atomic E-state index is -1.24. The molecule has 1 aromatic carbocycles. The van der Waals surface area contributed by atoms with Crippen molar-refractivity contribution < 1.29 is 24.5 Å². The van der Waals surface area contributed by atoms with Gasteiger partial charge in [-0.05, 0) is 45.2 Å². The van der Waals surface area contributed by atoms with E-state index in [1.54, 1.807) is 16.7 Å². The Balaban J connectivity index is 0.000000169. The molecule has 3 fully saturated rings. The predicted molar refractivity (Wildman–Crippen MR) is 157 cm³/mol. The standard InChI is InChI=1S/C16H21NO3.C14H17N5O3/c1-17-12-7-8-13(17)10-14(9-12)20-16(19)15(18)11-5-3-2-4-6-11;1-2-18-8-10(13(21)22)11(20)9-7-16-14(17-12(9)18)19-5-3-15-4-6-19/h2-6,12-15,18H,7-10H2,1H3;7-8,15H,2-6H2,1H3,(H,21,22)/t12-,13+,14+,15?;. The topological polar surface area (TPSA) is 150 Å². The summed E-state index contributed by atoms with van der Waals surface area (Å²) in [5.41, 5.74) is 0.265. The lowest BCUT2D eigenvalue weighted by Gasteiger charge is -2.36. The highest BCUT2D eigenvalue weighted by Gasteiger charge is 2.40. The van der Waals surface area contributed by atoms with E-state index in [1.165, 1.54) is 25.2 Å². The fraction of sp³-hybridized carbons (Fsp3) is 0.500. The third-order valence-electron chi connectivity index (χ3n) is 8.45. The highest BCUT2D eigenvalue weighted by Crippen LogP contribution is 2.36. The molecular formula is C30H38N6O6. The molecule has 4 atom stereocenters. The Morgan fingerprint density at radius 2 is 1.79 bits per heavy atom. The Morgan fingerprint density at radius 3 is 2.40 bits per heavy atom. The maximum atomic E-state index is 12.2. The van der Waals surface area contributed by atoms with Crippen molar-refractivity contribution in [3.05, 3.63) is 64.1 Å². The van der Waals surface area contributed by atoms with E-state index in [4.69, 9.17) is 9.84 Å². The number of aryl methyl sites for hydroxylation is 1. The molecule has 5 heterocycles. The van der Waals surface area contributed by atoms with Gasteiger partial charge in [0.1, 0.15) is 17.3 Å². The largest absolute Gasteiger partial charge is 0.477 e. The molecule has 3 N–H and O–H groups in total. The number of carbonyl (C=O) groups is 2. The molecule has 0 saturated carbocycles.